The van der Waals surface area contributed by atoms with Gasteiger partial charge in [-0.05, 0) is 70.9 Å². The minimum Gasteiger partial charge on any atom is -0.462 e. The monoisotopic (exact) mass is 241 g/mol. The normalized spacial score (nSPS) is 23.3. The van der Waals surface area contributed by atoms with Crippen LogP contribution in [0.15, 0.2) is 0 Å². The van der Waals surface area contributed by atoms with Crippen molar-refractivity contribution in [2.24, 2.45) is 11.3 Å². The molecule has 2 rings (SSSR count). The third-order valence-corrected chi connectivity index (χ3v) is 3.71. The Labute approximate surface area is 105 Å². The van der Waals surface area contributed by atoms with E-state index in [4.69, 9.17) is 0 Å². The Morgan fingerprint density at radius 3 is 2.06 bits per heavy atom. The molecule has 0 aromatic heterocycles. The van der Waals surface area contributed by atoms with Crippen molar-refractivity contribution < 1.29 is 9.53 Å². The fourth-order valence-corrected chi connectivity index (χ4v) is 2.33. The maximum absolute atomic E-state index is 9.60. The largest absolute Gasteiger partial charge is 0.462 e. The van der Waals surface area contributed by atoms with Gasteiger partial charge in [0.1, 0.15) is 5.60 Å². The van der Waals surface area contributed by atoms with E-state index >= 15 is 0 Å². The van der Waals surface area contributed by atoms with Crippen LogP contribution in [0.2, 0.25) is 0 Å². The predicted octanol–water partition coefficient (Wildman–Crippen LogP) is 2.74. The molecule has 17 heavy (non-hydrogen) atoms. The van der Waals surface area contributed by atoms with Gasteiger partial charge in [-0.3, -0.25) is 4.79 Å². The molecule has 2 fully saturated rings. The minimum absolute atomic E-state index is 0.318. The van der Waals surface area contributed by atoms with Gasteiger partial charge in [0.15, 0.2) is 0 Å². The Bertz CT molecular complexity index is 235. The summed E-state index contributed by atoms with van der Waals surface area (Å²) in [5.41, 5.74) is 0.410. The summed E-state index contributed by atoms with van der Waals surface area (Å²) in [4.78, 5) is 9.60. The Hall–Kier alpha value is -0.570. The SMILES string of the molecule is CC(C)(C)OC=O.CC1(C2CC2)CCNCC1. The highest BCUT2D eigenvalue weighted by Crippen LogP contribution is 2.50. The van der Waals surface area contributed by atoms with Crippen molar-refractivity contribution >= 4 is 6.47 Å². The second-order valence-electron chi connectivity index (χ2n) is 6.50. The summed E-state index contributed by atoms with van der Waals surface area (Å²) in [5, 5.41) is 3.42. The fraction of sp³-hybridized carbons (Fsp3) is 0.929. The highest BCUT2D eigenvalue weighted by atomic mass is 16.5. The van der Waals surface area contributed by atoms with Gasteiger partial charge in [-0.25, -0.2) is 0 Å². The van der Waals surface area contributed by atoms with E-state index in [1.807, 2.05) is 20.8 Å². The number of carbonyl (C=O) groups is 1. The lowest BCUT2D eigenvalue weighted by atomic mass is 9.77. The van der Waals surface area contributed by atoms with Crippen LogP contribution < -0.4 is 5.32 Å². The minimum atomic E-state index is -0.318. The Balaban J connectivity index is 0.000000185. The number of piperidine rings is 1. The lowest BCUT2D eigenvalue weighted by Gasteiger charge is -2.34. The first-order valence-corrected chi connectivity index (χ1v) is 6.69. The highest BCUT2D eigenvalue weighted by Gasteiger charge is 2.41. The molecule has 1 heterocycles. The molecule has 0 aromatic carbocycles. The summed E-state index contributed by atoms with van der Waals surface area (Å²) in [5.74, 6) is 1.09. The van der Waals surface area contributed by atoms with E-state index in [0.717, 1.165) is 11.3 Å². The molecule has 1 aliphatic carbocycles. The Kier molecular flexibility index (Phi) is 4.99. The first-order chi connectivity index (χ1) is 7.87. The van der Waals surface area contributed by atoms with Crippen LogP contribution in [0.4, 0.5) is 0 Å². The number of ether oxygens (including phenoxy) is 1. The summed E-state index contributed by atoms with van der Waals surface area (Å²) in [6.07, 6.45) is 5.85. The number of hydrogen-bond donors (Lipinski definition) is 1. The third kappa shape index (κ3) is 5.53. The van der Waals surface area contributed by atoms with E-state index in [9.17, 15) is 4.79 Å². The van der Waals surface area contributed by atoms with Crippen molar-refractivity contribution in [3.05, 3.63) is 0 Å². The number of nitrogens with one attached hydrogen (secondary N) is 1. The standard InChI is InChI=1S/C9H17N.C5H10O2/c1-9(8-2-3-8)4-6-10-7-5-9;1-5(2,3)7-4-6/h8,10H,2-7H2,1H3;4H,1-3H3. The molecule has 0 radical (unpaired) electrons. The van der Waals surface area contributed by atoms with Crippen molar-refractivity contribution in [1.29, 1.82) is 0 Å². The molecule has 0 spiro atoms. The van der Waals surface area contributed by atoms with Crippen LogP contribution in [-0.4, -0.2) is 25.2 Å². The zero-order chi connectivity index (χ0) is 12.9. The van der Waals surface area contributed by atoms with Crippen molar-refractivity contribution in [2.45, 2.75) is 59.0 Å². The van der Waals surface area contributed by atoms with Crippen LogP contribution in [0.5, 0.6) is 0 Å². The Morgan fingerprint density at radius 2 is 1.76 bits per heavy atom. The lowest BCUT2D eigenvalue weighted by molar-refractivity contribution is -0.138. The van der Waals surface area contributed by atoms with E-state index in [2.05, 4.69) is 17.0 Å². The van der Waals surface area contributed by atoms with Crippen LogP contribution in [0.3, 0.4) is 0 Å². The molecule has 100 valence electrons. The summed E-state index contributed by atoms with van der Waals surface area (Å²) in [6, 6.07) is 0. The lowest BCUT2D eigenvalue weighted by Crippen LogP contribution is -2.35. The van der Waals surface area contributed by atoms with Gasteiger partial charge in [0.2, 0.25) is 0 Å². The van der Waals surface area contributed by atoms with Gasteiger partial charge in [0.25, 0.3) is 6.47 Å². The first-order valence-electron chi connectivity index (χ1n) is 6.69. The maximum atomic E-state index is 9.60. The summed E-state index contributed by atoms with van der Waals surface area (Å²) < 4.78 is 4.55. The molecule has 0 amide bonds. The van der Waals surface area contributed by atoms with Crippen LogP contribution in [-0.2, 0) is 9.53 Å². The van der Waals surface area contributed by atoms with Gasteiger partial charge in [0, 0.05) is 0 Å². The molecule has 1 aliphatic heterocycles. The molecule has 0 bridgehead atoms. The van der Waals surface area contributed by atoms with E-state index < -0.39 is 0 Å². The van der Waals surface area contributed by atoms with Gasteiger partial charge in [0.05, 0.1) is 0 Å². The van der Waals surface area contributed by atoms with Gasteiger partial charge in [-0.1, -0.05) is 6.92 Å². The molecule has 2 aliphatic rings. The average Bonchev–Trinajstić information content (AvgIpc) is 3.01. The molecule has 1 N–H and O–H groups in total. The predicted molar refractivity (Wildman–Crippen MR) is 69.8 cm³/mol. The zero-order valence-corrected chi connectivity index (χ0v) is 11.7. The summed E-state index contributed by atoms with van der Waals surface area (Å²) >= 11 is 0. The third-order valence-electron chi connectivity index (χ3n) is 3.71. The summed E-state index contributed by atoms with van der Waals surface area (Å²) in [6.45, 7) is 10.9. The fourth-order valence-electron chi connectivity index (χ4n) is 2.33. The molecule has 3 heteroatoms. The van der Waals surface area contributed by atoms with Crippen LogP contribution in [0.1, 0.15) is 53.4 Å². The smallest absolute Gasteiger partial charge is 0.293 e. The van der Waals surface area contributed by atoms with Crippen molar-refractivity contribution in [2.75, 3.05) is 13.1 Å². The van der Waals surface area contributed by atoms with Crippen molar-refractivity contribution in [1.82, 2.24) is 5.32 Å². The average molecular weight is 241 g/mol. The van der Waals surface area contributed by atoms with Crippen molar-refractivity contribution in [3.8, 4) is 0 Å². The van der Waals surface area contributed by atoms with Crippen LogP contribution in [0.25, 0.3) is 0 Å². The van der Waals surface area contributed by atoms with E-state index in [1.54, 1.807) is 0 Å². The maximum Gasteiger partial charge on any atom is 0.293 e. The second kappa shape index (κ2) is 5.85. The molecular weight excluding hydrogens is 214 g/mol. The van der Waals surface area contributed by atoms with Gasteiger partial charge in [-0.2, -0.15) is 0 Å². The quantitative estimate of drug-likeness (QED) is 0.755. The van der Waals surface area contributed by atoms with Gasteiger partial charge < -0.3 is 10.1 Å². The van der Waals surface area contributed by atoms with E-state index in [-0.39, 0.29) is 5.60 Å². The Morgan fingerprint density at radius 1 is 1.24 bits per heavy atom. The molecular formula is C14H27NO2. The van der Waals surface area contributed by atoms with Crippen LogP contribution >= 0.6 is 0 Å². The molecule has 1 saturated heterocycles. The molecule has 3 nitrogen and oxygen atoms in total. The molecule has 0 aromatic rings. The number of rotatable bonds is 2. The van der Waals surface area contributed by atoms with Crippen LogP contribution in [0, 0.1) is 11.3 Å². The van der Waals surface area contributed by atoms with Gasteiger partial charge in [-0.15, -0.1) is 0 Å². The molecule has 0 unspecified atom stereocenters. The zero-order valence-electron chi connectivity index (χ0n) is 11.7. The summed E-state index contributed by atoms with van der Waals surface area (Å²) in [7, 11) is 0. The van der Waals surface area contributed by atoms with E-state index in [0.29, 0.717) is 6.47 Å². The van der Waals surface area contributed by atoms with Crippen molar-refractivity contribution in [3.63, 3.8) is 0 Å². The number of hydrogen-bond acceptors (Lipinski definition) is 3. The van der Waals surface area contributed by atoms with E-state index in [1.165, 1.54) is 38.8 Å². The second-order valence-corrected chi connectivity index (χ2v) is 6.50. The number of carbonyl (C=O) groups excluding carboxylic acids is 1. The topological polar surface area (TPSA) is 38.3 Å². The highest BCUT2D eigenvalue weighted by molar-refractivity contribution is 5.37. The van der Waals surface area contributed by atoms with Gasteiger partial charge >= 0.3 is 0 Å². The molecule has 1 saturated carbocycles. The first kappa shape index (κ1) is 14.5. The molecule has 0 atom stereocenters.